The monoisotopic (exact) mass is 264 g/mol. The highest BCUT2D eigenvalue weighted by Crippen LogP contribution is 2.42. The number of rotatable bonds is 4. The highest BCUT2D eigenvalue weighted by atomic mass is 16.5. The molecule has 1 atom stereocenters. The lowest BCUT2D eigenvalue weighted by atomic mass is 10.1. The summed E-state index contributed by atoms with van der Waals surface area (Å²) in [5, 5.41) is 9.78. The highest BCUT2D eigenvalue weighted by Gasteiger charge is 2.30. The zero-order valence-electron chi connectivity index (χ0n) is 10.9. The van der Waals surface area contributed by atoms with Gasteiger partial charge >= 0.3 is 0 Å². The van der Waals surface area contributed by atoms with Crippen LogP contribution in [0, 0.1) is 0 Å². The van der Waals surface area contributed by atoms with Gasteiger partial charge in [-0.25, -0.2) is 0 Å². The Bertz CT molecular complexity index is 461. The van der Waals surface area contributed by atoms with Gasteiger partial charge in [0.05, 0.1) is 17.5 Å². The first-order valence-corrected chi connectivity index (χ1v) is 6.99. The third-order valence-electron chi connectivity index (χ3n) is 3.80. The molecule has 0 bridgehead atoms. The van der Waals surface area contributed by atoms with Crippen molar-refractivity contribution in [2.45, 2.75) is 44.1 Å². The number of ether oxygens (including phenoxy) is 1. The number of nitrogens with one attached hydrogen (secondary N) is 2. The van der Waals surface area contributed by atoms with E-state index >= 15 is 0 Å². The summed E-state index contributed by atoms with van der Waals surface area (Å²) < 4.78 is 5.57. The average molecular weight is 264 g/mol. The zero-order chi connectivity index (χ0) is 13.2. The van der Waals surface area contributed by atoms with Crippen LogP contribution in [-0.2, 0) is 4.74 Å². The summed E-state index contributed by atoms with van der Waals surface area (Å²) >= 11 is 0. The molecular weight excluding hydrogens is 244 g/mol. The predicted molar refractivity (Wildman–Crippen MR) is 70.9 cm³/mol. The van der Waals surface area contributed by atoms with Crippen LogP contribution in [0.4, 0.5) is 5.69 Å². The van der Waals surface area contributed by atoms with Crippen molar-refractivity contribution in [3.63, 3.8) is 0 Å². The van der Waals surface area contributed by atoms with Crippen LogP contribution < -0.4 is 11.1 Å². The van der Waals surface area contributed by atoms with Crippen LogP contribution in [-0.4, -0.2) is 35.4 Å². The molecule has 1 saturated carbocycles. The molecule has 19 heavy (non-hydrogen) atoms. The summed E-state index contributed by atoms with van der Waals surface area (Å²) in [7, 11) is 0. The van der Waals surface area contributed by atoms with Crippen molar-refractivity contribution in [2.24, 2.45) is 0 Å². The van der Waals surface area contributed by atoms with Crippen molar-refractivity contribution < 1.29 is 9.53 Å². The number of amides is 1. The fraction of sp³-hybridized carbons (Fsp3) is 0.692. The van der Waals surface area contributed by atoms with Gasteiger partial charge in [0, 0.05) is 19.1 Å². The number of aromatic nitrogens is 2. The number of H-pyrrole nitrogens is 1. The van der Waals surface area contributed by atoms with Crippen LogP contribution in [0.2, 0.25) is 0 Å². The summed E-state index contributed by atoms with van der Waals surface area (Å²) in [5.74, 6) is 0.255. The van der Waals surface area contributed by atoms with Gasteiger partial charge in [0.15, 0.2) is 5.69 Å². The number of carbonyl (C=O) groups excluding carboxylic acids is 1. The molecule has 1 saturated heterocycles. The number of hydrogen-bond donors (Lipinski definition) is 3. The fourth-order valence-electron chi connectivity index (χ4n) is 2.48. The Morgan fingerprint density at radius 3 is 2.95 bits per heavy atom. The van der Waals surface area contributed by atoms with Crippen LogP contribution in [0.25, 0.3) is 0 Å². The first-order chi connectivity index (χ1) is 9.25. The van der Waals surface area contributed by atoms with E-state index in [-0.39, 0.29) is 12.0 Å². The SMILES string of the molecule is Nc1c(C(=O)NCC2CCCCO2)n[nH]c1C1CC1. The maximum absolute atomic E-state index is 12.0. The van der Waals surface area contributed by atoms with Crippen LogP contribution >= 0.6 is 0 Å². The number of anilines is 1. The molecule has 2 heterocycles. The molecule has 0 aromatic carbocycles. The third kappa shape index (κ3) is 2.73. The maximum atomic E-state index is 12.0. The zero-order valence-corrected chi connectivity index (χ0v) is 10.9. The lowest BCUT2D eigenvalue weighted by molar-refractivity contribution is 0.0168. The van der Waals surface area contributed by atoms with Crippen LogP contribution in [0.15, 0.2) is 0 Å². The lowest BCUT2D eigenvalue weighted by Crippen LogP contribution is -2.35. The topological polar surface area (TPSA) is 93.0 Å². The molecule has 6 nitrogen and oxygen atoms in total. The van der Waals surface area contributed by atoms with Gasteiger partial charge in [-0.05, 0) is 32.1 Å². The first-order valence-electron chi connectivity index (χ1n) is 6.99. The van der Waals surface area contributed by atoms with Gasteiger partial charge in [-0.1, -0.05) is 0 Å². The highest BCUT2D eigenvalue weighted by molar-refractivity contribution is 5.97. The van der Waals surface area contributed by atoms with E-state index in [1.54, 1.807) is 0 Å². The first kappa shape index (κ1) is 12.5. The molecule has 2 fully saturated rings. The average Bonchev–Trinajstić information content (AvgIpc) is 3.20. The van der Waals surface area contributed by atoms with E-state index in [1.807, 2.05) is 0 Å². The van der Waals surface area contributed by atoms with E-state index in [9.17, 15) is 4.79 Å². The number of nitrogens with zero attached hydrogens (tertiary/aromatic N) is 1. The smallest absolute Gasteiger partial charge is 0.274 e. The quantitative estimate of drug-likeness (QED) is 0.761. The Labute approximate surface area is 112 Å². The second kappa shape index (κ2) is 5.21. The van der Waals surface area contributed by atoms with Crippen molar-refractivity contribution in [1.82, 2.24) is 15.5 Å². The van der Waals surface area contributed by atoms with Crippen LogP contribution in [0.5, 0.6) is 0 Å². The summed E-state index contributed by atoms with van der Waals surface area (Å²) in [5.41, 5.74) is 7.71. The van der Waals surface area contributed by atoms with Gasteiger partial charge in [-0.15, -0.1) is 0 Å². The lowest BCUT2D eigenvalue weighted by Gasteiger charge is -2.22. The summed E-state index contributed by atoms with van der Waals surface area (Å²) in [6, 6.07) is 0. The van der Waals surface area contributed by atoms with E-state index in [2.05, 4.69) is 15.5 Å². The molecule has 1 aliphatic heterocycles. The number of hydrogen-bond acceptors (Lipinski definition) is 4. The summed E-state index contributed by atoms with van der Waals surface area (Å²) in [4.78, 5) is 12.0. The van der Waals surface area contributed by atoms with E-state index < -0.39 is 0 Å². The van der Waals surface area contributed by atoms with Gasteiger partial charge in [-0.3, -0.25) is 9.89 Å². The molecular formula is C13H20N4O2. The molecule has 0 radical (unpaired) electrons. The van der Waals surface area contributed by atoms with Crippen LogP contribution in [0.3, 0.4) is 0 Å². The van der Waals surface area contributed by atoms with E-state index in [4.69, 9.17) is 10.5 Å². The molecule has 6 heteroatoms. The van der Waals surface area contributed by atoms with Crippen molar-refractivity contribution >= 4 is 11.6 Å². The minimum atomic E-state index is -0.213. The Kier molecular flexibility index (Phi) is 3.42. The molecule has 1 unspecified atom stereocenters. The molecule has 1 aromatic heterocycles. The van der Waals surface area contributed by atoms with Crippen molar-refractivity contribution in [3.05, 3.63) is 11.4 Å². The molecule has 1 aromatic rings. The van der Waals surface area contributed by atoms with Gasteiger partial charge in [0.25, 0.3) is 5.91 Å². The summed E-state index contributed by atoms with van der Waals surface area (Å²) in [6.45, 7) is 1.32. The Balaban J connectivity index is 1.57. The van der Waals surface area contributed by atoms with E-state index in [0.717, 1.165) is 44.4 Å². The normalized spacial score (nSPS) is 23.3. The van der Waals surface area contributed by atoms with E-state index in [1.165, 1.54) is 0 Å². The molecule has 4 N–H and O–H groups in total. The third-order valence-corrected chi connectivity index (χ3v) is 3.80. The Morgan fingerprint density at radius 2 is 2.26 bits per heavy atom. The largest absolute Gasteiger partial charge is 0.395 e. The summed E-state index contributed by atoms with van der Waals surface area (Å²) in [6.07, 6.45) is 5.66. The second-order valence-corrected chi connectivity index (χ2v) is 5.37. The van der Waals surface area contributed by atoms with Gasteiger partial charge in [0.2, 0.25) is 0 Å². The predicted octanol–water partition coefficient (Wildman–Crippen LogP) is 1.17. The molecule has 1 amide bonds. The number of aromatic amines is 1. The molecule has 104 valence electrons. The van der Waals surface area contributed by atoms with Gasteiger partial charge in [0.1, 0.15) is 0 Å². The van der Waals surface area contributed by atoms with Crippen molar-refractivity contribution in [3.8, 4) is 0 Å². The number of carbonyl (C=O) groups is 1. The Morgan fingerprint density at radius 1 is 1.42 bits per heavy atom. The molecule has 2 aliphatic rings. The second-order valence-electron chi connectivity index (χ2n) is 5.37. The number of nitrogens with two attached hydrogens (primary N) is 1. The minimum absolute atomic E-state index is 0.126. The minimum Gasteiger partial charge on any atom is -0.395 e. The molecule has 3 rings (SSSR count). The van der Waals surface area contributed by atoms with Gasteiger partial charge in [-0.2, -0.15) is 5.10 Å². The van der Waals surface area contributed by atoms with Crippen LogP contribution in [0.1, 0.15) is 54.2 Å². The van der Waals surface area contributed by atoms with E-state index in [0.29, 0.717) is 23.8 Å². The molecule has 1 aliphatic carbocycles. The van der Waals surface area contributed by atoms with Crippen molar-refractivity contribution in [1.29, 1.82) is 0 Å². The fourth-order valence-corrected chi connectivity index (χ4v) is 2.48. The standard InChI is InChI=1S/C13H20N4O2/c14-10-11(8-4-5-8)16-17-12(10)13(18)15-7-9-3-1-2-6-19-9/h8-9H,1-7,14H2,(H,15,18)(H,16,17). The van der Waals surface area contributed by atoms with Gasteiger partial charge < -0.3 is 15.8 Å². The molecule has 0 spiro atoms. The maximum Gasteiger partial charge on any atom is 0.274 e. The Hall–Kier alpha value is -1.56. The number of nitrogen functional groups attached to an aromatic ring is 1. The van der Waals surface area contributed by atoms with Crippen molar-refractivity contribution in [2.75, 3.05) is 18.9 Å².